The van der Waals surface area contributed by atoms with Crippen LogP contribution in [0.4, 0.5) is 57.9 Å². The lowest BCUT2D eigenvalue weighted by atomic mass is 10.1. The molecule has 0 aromatic heterocycles. The summed E-state index contributed by atoms with van der Waals surface area (Å²) in [4.78, 5) is 19.3. The van der Waals surface area contributed by atoms with E-state index in [1.807, 2.05) is 0 Å². The predicted octanol–water partition coefficient (Wildman–Crippen LogP) is 5.77. The maximum absolute atomic E-state index is 14.3. The van der Waals surface area contributed by atoms with E-state index in [1.165, 1.54) is 6.92 Å². The fourth-order valence-electron chi connectivity index (χ4n) is 2.74. The van der Waals surface area contributed by atoms with Gasteiger partial charge in [-0.05, 0) is 6.42 Å². The second-order valence-electron chi connectivity index (χ2n) is 5.94. The van der Waals surface area contributed by atoms with Crippen molar-refractivity contribution in [1.82, 2.24) is 0 Å². The van der Waals surface area contributed by atoms with E-state index in [-0.39, 0.29) is 23.5 Å². The summed E-state index contributed by atoms with van der Waals surface area (Å²) >= 11 is 0. The molecule has 0 spiro atoms. The second-order valence-corrected chi connectivity index (χ2v) is 5.94. The van der Waals surface area contributed by atoms with Crippen LogP contribution in [0, 0.1) is 49.3 Å². The van der Waals surface area contributed by atoms with Gasteiger partial charge in [0, 0.05) is 12.6 Å². The van der Waals surface area contributed by atoms with Gasteiger partial charge in [0.05, 0.1) is 21.5 Å². The third kappa shape index (κ3) is 4.20. The smallest absolute Gasteiger partial charge is 0.330 e. The average Bonchev–Trinajstić information content (AvgIpc) is 2.68. The normalized spacial score (nSPS) is 11.5. The van der Waals surface area contributed by atoms with Crippen LogP contribution in [-0.2, 0) is 6.18 Å². The van der Waals surface area contributed by atoms with Crippen molar-refractivity contribution < 1.29 is 45.0 Å². The van der Waals surface area contributed by atoms with Crippen LogP contribution in [0.25, 0.3) is 0 Å². The Balaban J connectivity index is 3.07. The molecule has 0 amide bonds. The molecule has 2 aromatic carbocycles. The van der Waals surface area contributed by atoms with E-state index in [0.717, 1.165) is 0 Å². The summed E-state index contributed by atoms with van der Waals surface area (Å²) in [6.45, 7) is 0.365. The first-order valence-corrected chi connectivity index (χ1v) is 8.06. The van der Waals surface area contributed by atoms with E-state index in [2.05, 4.69) is 0 Å². The Labute approximate surface area is 166 Å². The Morgan fingerprint density at radius 1 is 0.839 bits per heavy atom. The molecule has 0 unspecified atom stereocenters. The first-order valence-electron chi connectivity index (χ1n) is 8.06. The summed E-state index contributed by atoms with van der Waals surface area (Å²) in [7, 11) is 0. The van der Waals surface area contributed by atoms with Gasteiger partial charge in [-0.1, -0.05) is 6.92 Å². The van der Waals surface area contributed by atoms with E-state index >= 15 is 0 Å². The van der Waals surface area contributed by atoms with E-state index in [9.17, 15) is 55.4 Å². The zero-order chi connectivity index (χ0) is 23.8. The summed E-state index contributed by atoms with van der Waals surface area (Å²) in [5.41, 5.74) is -8.57. The number of rotatable bonds is 6. The molecule has 7 nitrogen and oxygen atoms in total. The van der Waals surface area contributed by atoms with Crippen molar-refractivity contribution in [2.75, 3.05) is 11.4 Å². The van der Waals surface area contributed by atoms with Crippen LogP contribution < -0.4 is 4.90 Å². The summed E-state index contributed by atoms with van der Waals surface area (Å²) < 4.78 is 110. The molecule has 0 atom stereocenters. The molecule has 0 fully saturated rings. The van der Waals surface area contributed by atoms with Gasteiger partial charge in [-0.25, -0.2) is 22.0 Å². The third-order valence-electron chi connectivity index (χ3n) is 3.96. The molecule has 0 heterocycles. The fourth-order valence-corrected chi connectivity index (χ4v) is 2.74. The zero-order valence-electron chi connectivity index (χ0n) is 15.1. The lowest BCUT2D eigenvalue weighted by Gasteiger charge is -2.28. The molecule has 0 saturated carbocycles. The van der Waals surface area contributed by atoms with Crippen LogP contribution in [0.2, 0.25) is 0 Å². The first kappa shape index (κ1) is 23.8. The zero-order valence-corrected chi connectivity index (χ0v) is 15.1. The molecule has 0 bridgehead atoms. The number of nitro benzene ring substituents is 2. The number of nitro groups is 2. The van der Waals surface area contributed by atoms with Gasteiger partial charge in [-0.3, -0.25) is 20.2 Å². The van der Waals surface area contributed by atoms with Gasteiger partial charge < -0.3 is 4.90 Å². The lowest BCUT2D eigenvalue weighted by molar-refractivity contribution is -0.394. The minimum Gasteiger partial charge on any atom is -0.330 e. The summed E-state index contributed by atoms with van der Waals surface area (Å²) in [6, 6.07) is -0.0592. The standard InChI is InChI=1S/C16H9F8N3O4/c1-2-3-25(15-12(20)10(18)9(17)11(19)13(15)21)14-7(16(22,23)24)4-6(26(28)29)5-8(14)27(30)31/h4-5H,2-3H2,1H3. The van der Waals surface area contributed by atoms with Crippen LogP contribution in [-0.4, -0.2) is 16.4 Å². The molecule has 0 saturated heterocycles. The maximum Gasteiger partial charge on any atom is 0.418 e. The van der Waals surface area contributed by atoms with Crippen molar-refractivity contribution in [2.45, 2.75) is 19.5 Å². The number of alkyl halides is 3. The van der Waals surface area contributed by atoms with Gasteiger partial charge >= 0.3 is 6.18 Å². The van der Waals surface area contributed by atoms with E-state index < -0.39 is 80.0 Å². The van der Waals surface area contributed by atoms with E-state index in [0.29, 0.717) is 0 Å². The Bertz CT molecular complexity index is 1050. The molecule has 31 heavy (non-hydrogen) atoms. The van der Waals surface area contributed by atoms with E-state index in [4.69, 9.17) is 0 Å². The Morgan fingerprint density at radius 2 is 1.32 bits per heavy atom. The number of nitrogens with zero attached hydrogens (tertiary/aromatic N) is 3. The SMILES string of the molecule is CCCN(c1c([N+](=O)[O-])cc([N+](=O)[O-])cc1C(F)(F)F)c1c(F)c(F)c(F)c(F)c1F. The number of hydrogen-bond acceptors (Lipinski definition) is 5. The summed E-state index contributed by atoms with van der Waals surface area (Å²) in [5.74, 6) is -12.7. The predicted molar refractivity (Wildman–Crippen MR) is 88.3 cm³/mol. The molecule has 0 radical (unpaired) electrons. The first-order chi connectivity index (χ1) is 14.2. The van der Waals surface area contributed by atoms with Gasteiger partial charge in [0.15, 0.2) is 23.3 Å². The summed E-state index contributed by atoms with van der Waals surface area (Å²) in [6.07, 6.45) is -5.81. The number of hydrogen-bond donors (Lipinski definition) is 0. The molecule has 168 valence electrons. The van der Waals surface area contributed by atoms with Crippen LogP contribution in [0.15, 0.2) is 12.1 Å². The number of halogens is 8. The third-order valence-corrected chi connectivity index (χ3v) is 3.96. The highest BCUT2D eigenvalue weighted by Crippen LogP contribution is 2.48. The second kappa shape index (κ2) is 8.31. The van der Waals surface area contributed by atoms with Gasteiger partial charge in [-0.15, -0.1) is 0 Å². The highest BCUT2D eigenvalue weighted by Gasteiger charge is 2.43. The van der Waals surface area contributed by atoms with Gasteiger partial charge in [0.2, 0.25) is 5.82 Å². The largest absolute Gasteiger partial charge is 0.418 e. The quantitative estimate of drug-likeness (QED) is 0.180. The minimum atomic E-state index is -5.54. The number of anilines is 2. The van der Waals surface area contributed by atoms with Gasteiger partial charge in [-0.2, -0.15) is 13.2 Å². The molecule has 15 heteroatoms. The van der Waals surface area contributed by atoms with Crippen LogP contribution in [0.5, 0.6) is 0 Å². The van der Waals surface area contributed by atoms with Crippen LogP contribution in [0.3, 0.4) is 0 Å². The average molecular weight is 459 g/mol. The summed E-state index contributed by atoms with van der Waals surface area (Å²) in [5, 5.41) is 22.3. The van der Waals surface area contributed by atoms with Crippen molar-refractivity contribution in [2.24, 2.45) is 0 Å². The molecule has 0 aliphatic carbocycles. The highest BCUT2D eigenvalue weighted by atomic mass is 19.4. The molecule has 0 aliphatic heterocycles. The Kier molecular flexibility index (Phi) is 6.37. The minimum absolute atomic E-state index is 0.0826. The maximum atomic E-state index is 14.3. The van der Waals surface area contributed by atoms with Crippen molar-refractivity contribution in [3.05, 3.63) is 67.0 Å². The van der Waals surface area contributed by atoms with Crippen molar-refractivity contribution in [1.29, 1.82) is 0 Å². The Morgan fingerprint density at radius 3 is 1.71 bits per heavy atom. The molecular weight excluding hydrogens is 450 g/mol. The van der Waals surface area contributed by atoms with Crippen LogP contribution in [0.1, 0.15) is 18.9 Å². The molecule has 0 N–H and O–H groups in total. The fraction of sp³-hybridized carbons (Fsp3) is 0.250. The topological polar surface area (TPSA) is 89.5 Å². The molecule has 0 aliphatic rings. The van der Waals surface area contributed by atoms with Crippen LogP contribution >= 0.6 is 0 Å². The number of non-ortho nitro benzene ring substituents is 1. The van der Waals surface area contributed by atoms with Crippen molar-refractivity contribution in [3.8, 4) is 0 Å². The lowest BCUT2D eigenvalue weighted by Crippen LogP contribution is -2.26. The molecule has 2 rings (SSSR count). The number of benzene rings is 2. The monoisotopic (exact) mass is 459 g/mol. The molecular formula is C16H9F8N3O4. The van der Waals surface area contributed by atoms with Gasteiger partial charge in [0.25, 0.3) is 11.4 Å². The van der Waals surface area contributed by atoms with Gasteiger partial charge in [0.1, 0.15) is 11.4 Å². The van der Waals surface area contributed by atoms with Crippen molar-refractivity contribution >= 4 is 22.7 Å². The van der Waals surface area contributed by atoms with E-state index in [1.54, 1.807) is 0 Å². The Hall–Kier alpha value is -3.52. The highest BCUT2D eigenvalue weighted by molar-refractivity contribution is 5.79. The molecule has 2 aromatic rings. The van der Waals surface area contributed by atoms with Crippen molar-refractivity contribution in [3.63, 3.8) is 0 Å².